The van der Waals surface area contributed by atoms with Gasteiger partial charge in [0.1, 0.15) is 0 Å². The molecule has 87 valence electrons. The van der Waals surface area contributed by atoms with Crippen LogP contribution in [0.5, 0.6) is 0 Å². The van der Waals surface area contributed by atoms with E-state index >= 15 is 0 Å². The Hall–Kier alpha value is 1.73. The summed E-state index contributed by atoms with van der Waals surface area (Å²) in [6.45, 7) is -0.197. The van der Waals surface area contributed by atoms with Gasteiger partial charge < -0.3 is 14.8 Å². The van der Waals surface area contributed by atoms with Gasteiger partial charge in [-0.25, -0.2) is 4.21 Å². The molecule has 0 bridgehead atoms. The van der Waals surface area contributed by atoms with Crippen LogP contribution in [0.4, 0.5) is 0 Å². The van der Waals surface area contributed by atoms with E-state index in [0.717, 1.165) is 18.6 Å². The first-order chi connectivity index (χ1) is 6.66. The van der Waals surface area contributed by atoms with Crippen LogP contribution in [0.1, 0.15) is 12.8 Å². The first kappa shape index (κ1) is 19.1. The van der Waals surface area contributed by atoms with Crippen molar-refractivity contribution in [2.75, 3.05) is 23.9 Å². The van der Waals surface area contributed by atoms with Crippen molar-refractivity contribution in [1.29, 1.82) is 0 Å². The first-order valence-corrected chi connectivity index (χ1v) is 8.04. The van der Waals surface area contributed by atoms with Crippen LogP contribution in [-0.4, -0.2) is 78.5 Å². The molecule has 0 aliphatic carbocycles. The van der Waals surface area contributed by atoms with Crippen LogP contribution in [-0.2, 0) is 11.1 Å². The van der Waals surface area contributed by atoms with E-state index < -0.39 is 17.2 Å². The minimum absolute atomic E-state index is 0. The van der Waals surface area contributed by atoms with Gasteiger partial charge in [0.05, 0.1) is 12.7 Å². The van der Waals surface area contributed by atoms with Gasteiger partial charge in [0, 0.05) is 46.8 Å². The molecule has 0 fully saturated rings. The maximum Gasteiger partial charge on any atom is 0.152 e. The number of rotatable bonds is 9. The number of unbranched alkanes of at least 4 members (excludes halogenated alkanes) is 1. The molecular weight excluding hydrogens is 267 g/mol. The Kier molecular flexibility index (Phi) is 17.5. The molecule has 0 aromatic carbocycles. The Balaban J connectivity index is 0. The summed E-state index contributed by atoms with van der Waals surface area (Å²) in [6, 6.07) is 0. The molecule has 1 radical (unpaired) electrons. The third kappa shape index (κ3) is 15.7. The molecule has 2 unspecified atom stereocenters. The van der Waals surface area contributed by atoms with Gasteiger partial charge in [0.15, 0.2) is 11.1 Å². The van der Waals surface area contributed by atoms with E-state index in [-0.39, 0.29) is 36.2 Å². The van der Waals surface area contributed by atoms with E-state index in [1.54, 1.807) is 10.8 Å². The molecule has 0 aliphatic heterocycles. The van der Waals surface area contributed by atoms with Gasteiger partial charge in [0.2, 0.25) is 0 Å². The molecule has 8 heteroatoms. The van der Waals surface area contributed by atoms with Crippen molar-refractivity contribution in [1.82, 2.24) is 0 Å². The van der Waals surface area contributed by atoms with Crippen LogP contribution in [0.15, 0.2) is 0 Å². The van der Waals surface area contributed by atoms with Crippen molar-refractivity contribution in [3.63, 3.8) is 0 Å². The molecule has 0 saturated heterocycles. The second-order valence-electron chi connectivity index (χ2n) is 2.68. The van der Waals surface area contributed by atoms with Crippen LogP contribution in [0.3, 0.4) is 0 Å². The monoisotopic (exact) mass is 283 g/mol. The average molecular weight is 283 g/mol. The quantitative estimate of drug-likeness (QED) is 0.245. The Morgan fingerprint density at radius 2 is 1.93 bits per heavy atom. The first-order valence-electron chi connectivity index (χ1n) is 4.27. The van der Waals surface area contributed by atoms with Crippen LogP contribution in [0.2, 0.25) is 0 Å². The number of hydrogen-bond donors (Lipinski definition) is 3. The van der Waals surface area contributed by atoms with E-state index in [2.05, 4.69) is 0 Å². The molecule has 0 spiro atoms. The van der Waals surface area contributed by atoms with E-state index in [9.17, 15) is 4.21 Å². The smallest absolute Gasteiger partial charge is 0.152 e. The fourth-order valence-corrected chi connectivity index (χ4v) is 3.34. The van der Waals surface area contributed by atoms with Gasteiger partial charge >= 0.3 is 0 Å². The molecule has 15 heavy (non-hydrogen) atoms. The molecular formula is C7H16NaO4S3. The molecule has 0 heterocycles. The summed E-state index contributed by atoms with van der Waals surface area (Å²) in [7, 11) is 3.13. The number of aliphatic hydroxyl groups is 2. The van der Waals surface area contributed by atoms with E-state index in [1.165, 1.54) is 10.8 Å². The third-order valence-electron chi connectivity index (χ3n) is 1.35. The predicted molar refractivity (Wildman–Crippen MR) is 68.6 cm³/mol. The zero-order chi connectivity index (χ0) is 10.8. The number of hydrogen-bond acceptors (Lipinski definition) is 5. The van der Waals surface area contributed by atoms with Crippen molar-refractivity contribution in [2.45, 2.75) is 18.9 Å². The number of aliphatic hydroxyl groups excluding tert-OH is 2. The van der Waals surface area contributed by atoms with Crippen LogP contribution >= 0.6 is 21.6 Å². The van der Waals surface area contributed by atoms with Crippen molar-refractivity contribution in [2.24, 2.45) is 0 Å². The third-order valence-corrected chi connectivity index (χ3v) is 4.54. The van der Waals surface area contributed by atoms with Crippen LogP contribution < -0.4 is 0 Å². The predicted octanol–water partition coefficient (Wildman–Crippen LogP) is 0.342. The molecule has 0 aliphatic rings. The molecule has 0 amide bonds. The minimum Gasteiger partial charge on any atom is -0.394 e. The Labute approximate surface area is 123 Å². The fraction of sp³-hybridized carbons (Fsp3) is 1.00. The van der Waals surface area contributed by atoms with Crippen LogP contribution in [0, 0.1) is 0 Å². The van der Waals surface area contributed by atoms with E-state index in [0.29, 0.717) is 11.5 Å². The second-order valence-corrected chi connectivity index (χ2v) is 6.35. The van der Waals surface area contributed by atoms with Gasteiger partial charge in [-0.05, 0) is 12.8 Å². The fourth-order valence-electron chi connectivity index (χ4n) is 0.625. The molecule has 0 rings (SSSR count). The topological polar surface area (TPSA) is 77.8 Å². The van der Waals surface area contributed by atoms with E-state index in [4.69, 9.17) is 14.8 Å². The maximum atomic E-state index is 10.3. The van der Waals surface area contributed by atoms with Gasteiger partial charge in [0.25, 0.3) is 0 Å². The molecule has 0 saturated carbocycles. The summed E-state index contributed by atoms with van der Waals surface area (Å²) in [5.41, 5.74) is 0. The summed E-state index contributed by atoms with van der Waals surface area (Å²) in [6.07, 6.45) is 1.01. The molecule has 2 atom stereocenters. The minimum atomic E-state index is -1.67. The SMILES string of the molecule is O=S(O)CCCCSSCC(O)CO.[Na]. The summed E-state index contributed by atoms with van der Waals surface area (Å²) >= 11 is -1.67. The molecule has 0 aromatic heterocycles. The van der Waals surface area contributed by atoms with Crippen molar-refractivity contribution in [3.8, 4) is 0 Å². The van der Waals surface area contributed by atoms with E-state index in [1.807, 2.05) is 0 Å². The zero-order valence-electron chi connectivity index (χ0n) is 8.79. The largest absolute Gasteiger partial charge is 0.394 e. The molecule has 0 aromatic rings. The standard InChI is InChI=1S/C7H16O4S3.Na/c8-5-7(9)6-13-12-3-1-2-4-14(10)11;/h7-9H,1-6H2,(H,10,11);. The van der Waals surface area contributed by atoms with Crippen molar-refractivity contribution >= 4 is 62.2 Å². The summed E-state index contributed by atoms with van der Waals surface area (Å²) in [5.74, 6) is 1.76. The second kappa shape index (κ2) is 13.8. The maximum absolute atomic E-state index is 10.3. The van der Waals surface area contributed by atoms with Gasteiger partial charge in [-0.2, -0.15) is 0 Å². The zero-order valence-corrected chi connectivity index (χ0v) is 13.2. The summed E-state index contributed by atoms with van der Waals surface area (Å²) < 4.78 is 18.7. The van der Waals surface area contributed by atoms with Gasteiger partial charge in [-0.15, -0.1) is 0 Å². The average Bonchev–Trinajstić information content (AvgIpc) is 2.15. The Bertz CT molecular complexity index is 161. The van der Waals surface area contributed by atoms with Gasteiger partial charge in [-0.1, -0.05) is 21.6 Å². The van der Waals surface area contributed by atoms with Gasteiger partial charge in [-0.3, -0.25) is 0 Å². The van der Waals surface area contributed by atoms with Crippen molar-refractivity contribution in [3.05, 3.63) is 0 Å². The Morgan fingerprint density at radius 1 is 1.27 bits per heavy atom. The Morgan fingerprint density at radius 3 is 2.47 bits per heavy atom. The summed E-state index contributed by atoms with van der Waals surface area (Å²) in [4.78, 5) is 0. The molecule has 4 nitrogen and oxygen atoms in total. The summed E-state index contributed by atoms with van der Waals surface area (Å²) in [5, 5.41) is 17.5. The normalized spacial score (nSPS) is 14.3. The van der Waals surface area contributed by atoms with Crippen molar-refractivity contribution < 1.29 is 19.0 Å². The molecule has 3 N–H and O–H groups in total. The van der Waals surface area contributed by atoms with Crippen LogP contribution in [0.25, 0.3) is 0 Å².